The van der Waals surface area contributed by atoms with Crippen LogP contribution in [0, 0.1) is 0 Å². The zero-order chi connectivity index (χ0) is 12.9. The summed E-state index contributed by atoms with van der Waals surface area (Å²) < 4.78 is 24.3. The molecule has 1 N–H and O–H groups in total. The van der Waals surface area contributed by atoms with Crippen LogP contribution in [0.25, 0.3) is 0 Å². The fourth-order valence-electron chi connectivity index (χ4n) is 2.13. The predicted molar refractivity (Wildman–Crippen MR) is 65.6 cm³/mol. The molecule has 2 aliphatic carbocycles. The third-order valence-electron chi connectivity index (χ3n) is 3.52. The van der Waals surface area contributed by atoms with E-state index in [1.807, 2.05) is 0 Å². The van der Waals surface area contributed by atoms with Gasteiger partial charge in [-0.25, -0.2) is 13.2 Å². The maximum atomic E-state index is 12.2. The van der Waals surface area contributed by atoms with E-state index in [1.54, 1.807) is 12.1 Å². The Morgan fingerprint density at radius 2 is 1.78 bits per heavy atom. The summed E-state index contributed by atoms with van der Waals surface area (Å²) in [5.41, 5.74) is 0.938. The van der Waals surface area contributed by atoms with E-state index in [0.29, 0.717) is 18.8 Å². The molecule has 2 aliphatic rings. The van der Waals surface area contributed by atoms with Crippen molar-refractivity contribution < 1.29 is 18.3 Å². The summed E-state index contributed by atoms with van der Waals surface area (Å²) in [6, 6.07) is 4.56. The minimum atomic E-state index is -3.31. The van der Waals surface area contributed by atoms with Gasteiger partial charge in [-0.15, -0.1) is 0 Å². The SMILES string of the molecule is O=C(O)c1cc(C2CC2)cc(S(=O)(=O)C2CC2)c1. The van der Waals surface area contributed by atoms with Crippen LogP contribution in [0.1, 0.15) is 47.5 Å². The van der Waals surface area contributed by atoms with Gasteiger partial charge in [-0.2, -0.15) is 0 Å². The Kier molecular flexibility index (Phi) is 2.48. The van der Waals surface area contributed by atoms with Gasteiger partial charge in [0.15, 0.2) is 9.84 Å². The number of benzene rings is 1. The van der Waals surface area contributed by atoms with Gasteiger partial charge in [0.2, 0.25) is 0 Å². The van der Waals surface area contributed by atoms with Crippen molar-refractivity contribution in [3.8, 4) is 0 Å². The van der Waals surface area contributed by atoms with Crippen LogP contribution < -0.4 is 0 Å². The number of sulfone groups is 1. The van der Waals surface area contributed by atoms with Gasteiger partial charge >= 0.3 is 5.97 Å². The third kappa shape index (κ3) is 2.03. The quantitative estimate of drug-likeness (QED) is 0.906. The lowest BCUT2D eigenvalue weighted by Gasteiger charge is -2.07. The van der Waals surface area contributed by atoms with Crippen molar-refractivity contribution >= 4 is 15.8 Å². The number of rotatable bonds is 4. The Morgan fingerprint density at radius 3 is 2.28 bits per heavy atom. The molecular formula is C13H14O4S. The van der Waals surface area contributed by atoms with E-state index in [-0.39, 0.29) is 15.7 Å². The van der Waals surface area contributed by atoms with Crippen LogP contribution in [0.2, 0.25) is 0 Å². The average Bonchev–Trinajstić information content (AvgIpc) is 3.19. The number of carboxylic acids is 1. The Morgan fingerprint density at radius 1 is 1.11 bits per heavy atom. The second kappa shape index (κ2) is 3.82. The third-order valence-corrected chi connectivity index (χ3v) is 5.76. The summed E-state index contributed by atoms with van der Waals surface area (Å²) in [4.78, 5) is 11.3. The standard InChI is InChI=1S/C13H14O4S/c14-13(15)10-5-9(8-1-2-8)6-12(7-10)18(16,17)11-3-4-11/h5-8,11H,1-4H2,(H,14,15). The van der Waals surface area contributed by atoms with Gasteiger partial charge in [-0.3, -0.25) is 0 Å². The molecule has 2 saturated carbocycles. The number of hydrogen-bond donors (Lipinski definition) is 1. The highest BCUT2D eigenvalue weighted by atomic mass is 32.2. The molecule has 0 heterocycles. The zero-order valence-corrected chi connectivity index (χ0v) is 10.6. The van der Waals surface area contributed by atoms with Crippen molar-refractivity contribution in [1.29, 1.82) is 0 Å². The topological polar surface area (TPSA) is 71.4 Å². The van der Waals surface area contributed by atoms with E-state index in [0.717, 1.165) is 18.4 Å². The van der Waals surface area contributed by atoms with Crippen molar-refractivity contribution in [2.75, 3.05) is 0 Å². The first-order valence-corrected chi connectivity index (χ1v) is 7.65. The van der Waals surface area contributed by atoms with Crippen LogP contribution in [0.3, 0.4) is 0 Å². The maximum absolute atomic E-state index is 12.2. The van der Waals surface area contributed by atoms with Crippen LogP contribution >= 0.6 is 0 Å². The van der Waals surface area contributed by atoms with E-state index in [1.165, 1.54) is 6.07 Å². The highest BCUT2D eigenvalue weighted by Crippen LogP contribution is 2.42. The van der Waals surface area contributed by atoms with Crippen LogP contribution in [0.15, 0.2) is 23.1 Å². The molecule has 0 bridgehead atoms. The van der Waals surface area contributed by atoms with Crippen molar-refractivity contribution in [3.05, 3.63) is 29.3 Å². The molecule has 0 aliphatic heterocycles. The lowest BCUT2D eigenvalue weighted by Crippen LogP contribution is -2.09. The molecule has 0 aromatic heterocycles. The summed E-state index contributed by atoms with van der Waals surface area (Å²) >= 11 is 0. The van der Waals surface area contributed by atoms with E-state index in [2.05, 4.69) is 0 Å². The Labute approximate surface area is 106 Å². The molecule has 0 atom stereocenters. The molecular weight excluding hydrogens is 252 g/mol. The van der Waals surface area contributed by atoms with Gasteiger partial charge in [0.05, 0.1) is 15.7 Å². The van der Waals surface area contributed by atoms with E-state index < -0.39 is 15.8 Å². The van der Waals surface area contributed by atoms with Crippen LogP contribution in [-0.2, 0) is 9.84 Å². The molecule has 2 fully saturated rings. The van der Waals surface area contributed by atoms with Gasteiger partial charge in [0.25, 0.3) is 0 Å². The fraction of sp³-hybridized carbons (Fsp3) is 0.462. The maximum Gasteiger partial charge on any atom is 0.335 e. The van der Waals surface area contributed by atoms with Gasteiger partial charge in [-0.1, -0.05) is 0 Å². The molecule has 5 heteroatoms. The molecule has 1 aromatic rings. The lowest BCUT2D eigenvalue weighted by atomic mass is 10.1. The number of hydrogen-bond acceptors (Lipinski definition) is 3. The smallest absolute Gasteiger partial charge is 0.335 e. The predicted octanol–water partition coefficient (Wildman–Crippen LogP) is 2.20. The molecule has 0 saturated heterocycles. The largest absolute Gasteiger partial charge is 0.478 e. The lowest BCUT2D eigenvalue weighted by molar-refractivity contribution is 0.0696. The number of aromatic carboxylic acids is 1. The molecule has 0 spiro atoms. The number of carbonyl (C=O) groups is 1. The monoisotopic (exact) mass is 266 g/mol. The second-order valence-corrected chi connectivity index (χ2v) is 7.34. The fourth-order valence-corrected chi connectivity index (χ4v) is 3.87. The summed E-state index contributed by atoms with van der Waals surface area (Å²) in [7, 11) is -3.31. The summed E-state index contributed by atoms with van der Waals surface area (Å²) in [5, 5.41) is 8.76. The molecule has 0 unspecified atom stereocenters. The first-order valence-electron chi connectivity index (χ1n) is 6.10. The van der Waals surface area contributed by atoms with Crippen molar-refractivity contribution in [1.82, 2.24) is 0 Å². The first kappa shape index (κ1) is 11.7. The zero-order valence-electron chi connectivity index (χ0n) is 9.80. The van der Waals surface area contributed by atoms with Crippen LogP contribution in [-0.4, -0.2) is 24.7 Å². The van der Waals surface area contributed by atoms with Gasteiger partial charge in [0.1, 0.15) is 0 Å². The average molecular weight is 266 g/mol. The van der Waals surface area contributed by atoms with Crippen LogP contribution in [0.5, 0.6) is 0 Å². The molecule has 0 amide bonds. The van der Waals surface area contributed by atoms with Crippen LogP contribution in [0.4, 0.5) is 0 Å². The minimum absolute atomic E-state index is 0.0821. The summed E-state index contributed by atoms with van der Waals surface area (Å²) in [6.45, 7) is 0. The van der Waals surface area contributed by atoms with Crippen molar-refractivity contribution in [2.24, 2.45) is 0 Å². The summed E-state index contributed by atoms with van der Waals surface area (Å²) in [6.07, 6.45) is 3.43. The Bertz CT molecular complexity index is 610. The van der Waals surface area contributed by atoms with Gasteiger partial charge < -0.3 is 5.11 Å². The Balaban J connectivity index is 2.10. The molecule has 1 aromatic carbocycles. The first-order chi connectivity index (χ1) is 8.48. The molecule has 4 nitrogen and oxygen atoms in total. The Hall–Kier alpha value is -1.36. The second-order valence-electron chi connectivity index (χ2n) is 5.11. The van der Waals surface area contributed by atoms with Crippen molar-refractivity contribution in [3.63, 3.8) is 0 Å². The molecule has 96 valence electrons. The highest BCUT2D eigenvalue weighted by Gasteiger charge is 2.38. The van der Waals surface area contributed by atoms with E-state index in [4.69, 9.17) is 5.11 Å². The summed E-state index contributed by atoms with van der Waals surface area (Å²) in [5.74, 6) is -0.720. The van der Waals surface area contributed by atoms with Gasteiger partial charge in [-0.05, 0) is 55.4 Å². The van der Waals surface area contributed by atoms with E-state index in [9.17, 15) is 13.2 Å². The number of carboxylic acid groups (broad SMARTS) is 1. The van der Waals surface area contributed by atoms with Gasteiger partial charge in [0, 0.05) is 0 Å². The minimum Gasteiger partial charge on any atom is -0.478 e. The van der Waals surface area contributed by atoms with Crippen molar-refractivity contribution in [2.45, 2.75) is 41.7 Å². The highest BCUT2D eigenvalue weighted by molar-refractivity contribution is 7.92. The molecule has 0 radical (unpaired) electrons. The molecule has 3 rings (SSSR count). The molecule has 18 heavy (non-hydrogen) atoms. The normalized spacial score (nSPS) is 19.8. The van der Waals surface area contributed by atoms with E-state index >= 15 is 0 Å².